The van der Waals surface area contributed by atoms with Crippen LogP contribution >= 0.6 is 11.8 Å². The Bertz CT molecular complexity index is 1310. The molecule has 4 rings (SSSR count). The van der Waals surface area contributed by atoms with Crippen LogP contribution in [-0.2, 0) is 11.8 Å². The fourth-order valence-electron chi connectivity index (χ4n) is 3.65. The summed E-state index contributed by atoms with van der Waals surface area (Å²) in [6.07, 6.45) is 0. The van der Waals surface area contributed by atoms with E-state index in [0.29, 0.717) is 16.5 Å². The van der Waals surface area contributed by atoms with E-state index in [4.69, 9.17) is 0 Å². The summed E-state index contributed by atoms with van der Waals surface area (Å²) in [5.41, 5.74) is 2.32. The van der Waals surface area contributed by atoms with Gasteiger partial charge in [-0.15, -0.1) is 10.2 Å². The first-order valence-electron chi connectivity index (χ1n) is 10.6. The molecule has 3 aromatic carbocycles. The molecule has 0 saturated heterocycles. The van der Waals surface area contributed by atoms with Crippen LogP contribution in [0.2, 0.25) is 0 Å². The smallest absolute Gasteiger partial charge is 0.252 e. The van der Waals surface area contributed by atoms with E-state index < -0.39 is 0 Å². The van der Waals surface area contributed by atoms with Gasteiger partial charge in [-0.3, -0.25) is 9.59 Å². The van der Waals surface area contributed by atoms with Gasteiger partial charge in [-0.1, -0.05) is 66.4 Å². The molecule has 0 aliphatic rings. The van der Waals surface area contributed by atoms with E-state index in [1.165, 1.54) is 11.8 Å². The highest BCUT2D eigenvalue weighted by molar-refractivity contribution is 7.99. The van der Waals surface area contributed by atoms with Crippen LogP contribution in [0.25, 0.3) is 10.8 Å². The molecule has 0 fully saturated rings. The zero-order valence-electron chi connectivity index (χ0n) is 18.7. The Morgan fingerprint density at radius 2 is 1.73 bits per heavy atom. The van der Waals surface area contributed by atoms with Gasteiger partial charge < -0.3 is 15.2 Å². The summed E-state index contributed by atoms with van der Waals surface area (Å²) in [5.74, 6) is 0.530. The van der Waals surface area contributed by atoms with Crippen molar-refractivity contribution < 1.29 is 9.59 Å². The summed E-state index contributed by atoms with van der Waals surface area (Å²) in [7, 11) is 1.83. The average molecular weight is 460 g/mol. The highest BCUT2D eigenvalue weighted by atomic mass is 32.2. The van der Waals surface area contributed by atoms with Crippen molar-refractivity contribution >= 4 is 40.0 Å². The van der Waals surface area contributed by atoms with Crippen molar-refractivity contribution in [2.75, 3.05) is 11.1 Å². The van der Waals surface area contributed by atoms with Crippen LogP contribution in [0.4, 0.5) is 5.69 Å². The molecule has 2 N–H and O–H groups in total. The van der Waals surface area contributed by atoms with Gasteiger partial charge in [0.15, 0.2) is 11.0 Å². The molecule has 2 amide bonds. The average Bonchev–Trinajstić information content (AvgIpc) is 3.18. The zero-order valence-corrected chi connectivity index (χ0v) is 19.5. The number of thioether (sulfide) groups is 1. The number of carbonyl (C=O) groups excluding carboxylic acids is 2. The topological polar surface area (TPSA) is 88.9 Å². The molecule has 4 aromatic rings. The number of aromatic nitrogens is 3. The lowest BCUT2D eigenvalue weighted by Crippen LogP contribution is -2.29. The standard InChI is InChI=1S/C25H25N5O2S/c1-16-9-4-6-12-19(16)24(32)26-17(2)23-28-29-25(30(23)3)33-15-22(31)27-21-14-8-11-18-10-5-7-13-20(18)21/h4-14,17H,15H2,1-3H3,(H,26,32)(H,27,31)/t17-/m0/s1. The second-order valence-electron chi connectivity index (χ2n) is 7.77. The van der Waals surface area contributed by atoms with Gasteiger partial charge in [-0.05, 0) is 36.9 Å². The van der Waals surface area contributed by atoms with Gasteiger partial charge in [0, 0.05) is 23.7 Å². The van der Waals surface area contributed by atoms with Gasteiger partial charge in [0.05, 0.1) is 11.8 Å². The molecule has 7 nitrogen and oxygen atoms in total. The van der Waals surface area contributed by atoms with Crippen molar-refractivity contribution in [3.05, 3.63) is 83.7 Å². The zero-order chi connectivity index (χ0) is 23.4. The van der Waals surface area contributed by atoms with Crippen LogP contribution in [0.1, 0.15) is 34.7 Å². The third-order valence-electron chi connectivity index (χ3n) is 5.39. The van der Waals surface area contributed by atoms with E-state index in [-0.39, 0.29) is 23.6 Å². The molecule has 0 unspecified atom stereocenters. The highest BCUT2D eigenvalue weighted by Gasteiger charge is 2.19. The van der Waals surface area contributed by atoms with Gasteiger partial charge in [-0.2, -0.15) is 0 Å². The van der Waals surface area contributed by atoms with Crippen LogP contribution in [0.15, 0.2) is 71.9 Å². The molecule has 0 spiro atoms. The SMILES string of the molecule is Cc1ccccc1C(=O)N[C@@H](C)c1nnc(SCC(=O)Nc2cccc3ccccc23)n1C. The van der Waals surface area contributed by atoms with E-state index in [1.807, 2.05) is 81.6 Å². The van der Waals surface area contributed by atoms with Crippen LogP contribution in [0, 0.1) is 6.92 Å². The minimum Gasteiger partial charge on any atom is -0.342 e. The Morgan fingerprint density at radius 3 is 2.55 bits per heavy atom. The van der Waals surface area contributed by atoms with Crippen LogP contribution in [-0.4, -0.2) is 32.3 Å². The van der Waals surface area contributed by atoms with Crippen LogP contribution in [0.3, 0.4) is 0 Å². The van der Waals surface area contributed by atoms with Crippen molar-refractivity contribution in [3.8, 4) is 0 Å². The predicted octanol–water partition coefficient (Wildman–Crippen LogP) is 4.50. The van der Waals surface area contributed by atoms with E-state index >= 15 is 0 Å². The van der Waals surface area contributed by atoms with E-state index in [2.05, 4.69) is 20.8 Å². The molecule has 1 atom stereocenters. The Kier molecular flexibility index (Phi) is 6.74. The number of hydrogen-bond donors (Lipinski definition) is 2. The maximum absolute atomic E-state index is 12.6. The molecule has 0 bridgehead atoms. The van der Waals surface area contributed by atoms with Gasteiger partial charge in [0.25, 0.3) is 5.91 Å². The summed E-state index contributed by atoms with van der Waals surface area (Å²) in [5, 5.41) is 17.1. The number of benzene rings is 3. The second-order valence-corrected chi connectivity index (χ2v) is 8.72. The fraction of sp³-hybridized carbons (Fsp3) is 0.200. The molecule has 33 heavy (non-hydrogen) atoms. The number of nitrogens with one attached hydrogen (secondary N) is 2. The minimum atomic E-state index is -0.339. The second kappa shape index (κ2) is 9.87. The minimum absolute atomic E-state index is 0.123. The normalized spacial score (nSPS) is 11.8. The first kappa shape index (κ1) is 22.5. The third-order valence-corrected chi connectivity index (χ3v) is 6.41. The van der Waals surface area contributed by atoms with E-state index in [9.17, 15) is 9.59 Å². The number of fused-ring (bicyclic) bond motifs is 1. The van der Waals surface area contributed by atoms with Crippen molar-refractivity contribution in [1.82, 2.24) is 20.1 Å². The molecular formula is C25H25N5O2S. The number of aryl methyl sites for hydroxylation is 1. The lowest BCUT2D eigenvalue weighted by atomic mass is 10.1. The first-order chi connectivity index (χ1) is 15.9. The summed E-state index contributed by atoms with van der Waals surface area (Å²) >= 11 is 1.30. The summed E-state index contributed by atoms with van der Waals surface area (Å²) in [6, 6.07) is 20.9. The van der Waals surface area contributed by atoms with Gasteiger partial charge in [0.2, 0.25) is 5.91 Å². The molecule has 8 heteroatoms. The Balaban J connectivity index is 1.38. The van der Waals surface area contributed by atoms with E-state index in [1.54, 1.807) is 10.6 Å². The number of hydrogen-bond acceptors (Lipinski definition) is 5. The van der Waals surface area contributed by atoms with Gasteiger partial charge >= 0.3 is 0 Å². The quantitative estimate of drug-likeness (QED) is 0.397. The molecule has 0 aliphatic heterocycles. The number of amides is 2. The molecule has 0 saturated carbocycles. The molecule has 168 valence electrons. The Morgan fingerprint density at radius 1 is 1.00 bits per heavy atom. The Hall–Kier alpha value is -3.65. The lowest BCUT2D eigenvalue weighted by Gasteiger charge is -2.14. The first-order valence-corrected chi connectivity index (χ1v) is 11.6. The highest BCUT2D eigenvalue weighted by Crippen LogP contribution is 2.24. The summed E-state index contributed by atoms with van der Waals surface area (Å²) in [4.78, 5) is 25.2. The lowest BCUT2D eigenvalue weighted by molar-refractivity contribution is -0.113. The maximum Gasteiger partial charge on any atom is 0.252 e. The van der Waals surface area contributed by atoms with Crippen molar-refractivity contribution in [2.24, 2.45) is 7.05 Å². The summed E-state index contributed by atoms with van der Waals surface area (Å²) in [6.45, 7) is 3.77. The summed E-state index contributed by atoms with van der Waals surface area (Å²) < 4.78 is 1.80. The molecule has 0 radical (unpaired) electrons. The van der Waals surface area contributed by atoms with Gasteiger partial charge in [0.1, 0.15) is 0 Å². The van der Waals surface area contributed by atoms with Crippen LogP contribution < -0.4 is 10.6 Å². The molecular weight excluding hydrogens is 434 g/mol. The van der Waals surface area contributed by atoms with Crippen molar-refractivity contribution in [3.63, 3.8) is 0 Å². The molecule has 1 aromatic heterocycles. The largest absolute Gasteiger partial charge is 0.342 e. The number of anilines is 1. The predicted molar refractivity (Wildman–Crippen MR) is 131 cm³/mol. The fourth-order valence-corrected chi connectivity index (χ4v) is 4.36. The van der Waals surface area contributed by atoms with Crippen LogP contribution in [0.5, 0.6) is 0 Å². The maximum atomic E-state index is 12.6. The number of nitrogens with zero attached hydrogens (tertiary/aromatic N) is 3. The van der Waals surface area contributed by atoms with Crippen molar-refractivity contribution in [1.29, 1.82) is 0 Å². The Labute approximate surface area is 196 Å². The third kappa shape index (κ3) is 5.06. The van der Waals surface area contributed by atoms with Gasteiger partial charge in [-0.25, -0.2) is 0 Å². The molecule has 0 aliphatic carbocycles. The van der Waals surface area contributed by atoms with Crippen molar-refractivity contribution in [2.45, 2.75) is 25.0 Å². The number of carbonyl (C=O) groups is 2. The van der Waals surface area contributed by atoms with E-state index in [0.717, 1.165) is 22.0 Å². The monoisotopic (exact) mass is 459 g/mol. The number of rotatable bonds is 7. The molecule has 1 heterocycles.